The first-order valence-electron chi connectivity index (χ1n) is 8.44. The predicted octanol–water partition coefficient (Wildman–Crippen LogP) is 3.39. The molecule has 0 spiro atoms. The standard InChI is InChI=1S/C18H16F5N5O/c1-8-4-5-27(25-8)7-12(29)24-18-9(2)26-28(10(18)3)6-11-13(19)15(21)17(23)16(22)14(11)20/h4-5H,6-7H2,1-3H3,(H,24,29). The van der Waals surface area contributed by atoms with Crippen LogP contribution in [0.25, 0.3) is 0 Å². The van der Waals surface area contributed by atoms with E-state index >= 15 is 0 Å². The van der Waals surface area contributed by atoms with Crippen molar-refractivity contribution in [3.63, 3.8) is 0 Å². The number of benzene rings is 1. The molecule has 3 aromatic rings. The molecule has 2 aromatic heterocycles. The molecular weight excluding hydrogens is 397 g/mol. The Morgan fingerprint density at radius 2 is 1.55 bits per heavy atom. The highest BCUT2D eigenvalue weighted by Crippen LogP contribution is 2.26. The van der Waals surface area contributed by atoms with E-state index in [1.165, 1.54) is 18.5 Å². The Bertz CT molecular complexity index is 1080. The average molecular weight is 413 g/mol. The number of halogens is 5. The number of anilines is 1. The smallest absolute Gasteiger partial charge is 0.246 e. The lowest BCUT2D eigenvalue weighted by molar-refractivity contribution is -0.116. The van der Waals surface area contributed by atoms with Gasteiger partial charge < -0.3 is 5.32 Å². The molecule has 0 bridgehead atoms. The van der Waals surface area contributed by atoms with E-state index < -0.39 is 47.1 Å². The lowest BCUT2D eigenvalue weighted by Gasteiger charge is -2.10. The second kappa shape index (κ2) is 7.64. The quantitative estimate of drug-likeness (QED) is 0.396. The monoisotopic (exact) mass is 413 g/mol. The van der Waals surface area contributed by atoms with Gasteiger partial charge in [-0.3, -0.25) is 14.2 Å². The van der Waals surface area contributed by atoms with Crippen LogP contribution in [0.5, 0.6) is 0 Å². The number of hydrogen-bond donors (Lipinski definition) is 1. The molecule has 154 valence electrons. The van der Waals surface area contributed by atoms with Gasteiger partial charge in [0.1, 0.15) is 6.54 Å². The van der Waals surface area contributed by atoms with Crippen LogP contribution in [0.1, 0.15) is 22.6 Å². The van der Waals surface area contributed by atoms with Gasteiger partial charge in [-0.15, -0.1) is 0 Å². The maximum absolute atomic E-state index is 13.9. The summed E-state index contributed by atoms with van der Waals surface area (Å²) in [6.45, 7) is 4.03. The molecule has 0 atom stereocenters. The van der Waals surface area contributed by atoms with E-state index in [0.29, 0.717) is 5.69 Å². The molecule has 0 saturated carbocycles. The Morgan fingerprint density at radius 1 is 0.966 bits per heavy atom. The SMILES string of the molecule is Cc1ccn(CC(=O)Nc2c(C)nn(Cc3c(F)c(F)c(F)c(F)c3F)c2C)n1. The van der Waals surface area contributed by atoms with Gasteiger partial charge in [-0.2, -0.15) is 10.2 Å². The summed E-state index contributed by atoms with van der Waals surface area (Å²) in [7, 11) is 0. The summed E-state index contributed by atoms with van der Waals surface area (Å²) in [5.74, 6) is -10.5. The Morgan fingerprint density at radius 3 is 2.10 bits per heavy atom. The molecule has 2 heterocycles. The van der Waals surface area contributed by atoms with E-state index in [-0.39, 0.29) is 17.9 Å². The van der Waals surface area contributed by atoms with E-state index in [1.54, 1.807) is 19.2 Å². The molecule has 0 saturated heterocycles. The fraction of sp³-hybridized carbons (Fsp3) is 0.278. The number of aromatic nitrogens is 4. The first-order chi connectivity index (χ1) is 13.6. The number of rotatable bonds is 5. The average Bonchev–Trinajstić information content (AvgIpc) is 3.19. The third-order valence-corrected chi connectivity index (χ3v) is 4.33. The van der Waals surface area contributed by atoms with Crippen LogP contribution in [-0.2, 0) is 17.9 Å². The zero-order chi connectivity index (χ0) is 21.5. The zero-order valence-electron chi connectivity index (χ0n) is 15.7. The molecule has 1 aromatic carbocycles. The van der Waals surface area contributed by atoms with E-state index in [2.05, 4.69) is 15.5 Å². The van der Waals surface area contributed by atoms with E-state index in [4.69, 9.17) is 0 Å². The van der Waals surface area contributed by atoms with E-state index in [9.17, 15) is 26.7 Å². The second-order valence-corrected chi connectivity index (χ2v) is 6.45. The number of nitrogens with one attached hydrogen (secondary N) is 1. The largest absolute Gasteiger partial charge is 0.321 e. The summed E-state index contributed by atoms with van der Waals surface area (Å²) in [5.41, 5.74) is 0.605. The molecule has 1 N–H and O–H groups in total. The molecule has 0 unspecified atom stereocenters. The minimum atomic E-state index is -2.22. The van der Waals surface area contributed by atoms with Crippen molar-refractivity contribution in [3.05, 3.63) is 64.0 Å². The van der Waals surface area contributed by atoms with Crippen molar-refractivity contribution in [2.75, 3.05) is 5.32 Å². The molecule has 0 fully saturated rings. The van der Waals surface area contributed by atoms with Gasteiger partial charge in [-0.25, -0.2) is 22.0 Å². The van der Waals surface area contributed by atoms with Crippen LogP contribution < -0.4 is 5.32 Å². The topological polar surface area (TPSA) is 64.7 Å². The third-order valence-electron chi connectivity index (χ3n) is 4.33. The predicted molar refractivity (Wildman–Crippen MR) is 92.6 cm³/mol. The van der Waals surface area contributed by atoms with Crippen LogP contribution in [0.3, 0.4) is 0 Å². The summed E-state index contributed by atoms with van der Waals surface area (Å²) in [6, 6.07) is 1.73. The van der Waals surface area contributed by atoms with Crippen LogP contribution in [0.4, 0.5) is 27.6 Å². The van der Waals surface area contributed by atoms with E-state index in [0.717, 1.165) is 10.4 Å². The molecule has 0 radical (unpaired) electrons. The van der Waals surface area contributed by atoms with Crippen LogP contribution in [0.15, 0.2) is 12.3 Å². The molecular formula is C18H16F5N5O. The normalized spacial score (nSPS) is 11.2. The fourth-order valence-corrected chi connectivity index (χ4v) is 2.85. The highest BCUT2D eigenvalue weighted by Gasteiger charge is 2.27. The Balaban J connectivity index is 1.86. The van der Waals surface area contributed by atoms with Gasteiger partial charge in [0.15, 0.2) is 23.3 Å². The fourth-order valence-electron chi connectivity index (χ4n) is 2.85. The molecule has 6 nitrogen and oxygen atoms in total. The molecule has 29 heavy (non-hydrogen) atoms. The molecule has 0 aliphatic rings. The summed E-state index contributed by atoms with van der Waals surface area (Å²) in [4.78, 5) is 12.2. The summed E-state index contributed by atoms with van der Waals surface area (Å²) in [5, 5.41) is 10.8. The van der Waals surface area contributed by atoms with Crippen molar-refractivity contribution < 1.29 is 26.7 Å². The molecule has 0 aliphatic carbocycles. The number of amides is 1. The molecule has 11 heteroatoms. The summed E-state index contributed by atoms with van der Waals surface area (Å²) in [6.07, 6.45) is 1.63. The third kappa shape index (κ3) is 3.84. The van der Waals surface area contributed by atoms with Crippen molar-refractivity contribution in [1.82, 2.24) is 19.6 Å². The maximum Gasteiger partial charge on any atom is 0.246 e. The molecule has 1 amide bonds. The summed E-state index contributed by atoms with van der Waals surface area (Å²) < 4.78 is 70.4. The highest BCUT2D eigenvalue weighted by molar-refractivity contribution is 5.91. The Hall–Kier alpha value is -3.24. The molecule has 0 aliphatic heterocycles. The lowest BCUT2D eigenvalue weighted by atomic mass is 10.1. The first kappa shape index (κ1) is 20.5. The van der Waals surface area contributed by atoms with Crippen molar-refractivity contribution >= 4 is 11.6 Å². The first-order valence-corrected chi connectivity index (χ1v) is 8.44. The van der Waals surface area contributed by atoms with Gasteiger partial charge in [-0.05, 0) is 26.8 Å². The number of aryl methyl sites for hydroxylation is 2. The van der Waals surface area contributed by atoms with E-state index in [1.807, 2.05) is 0 Å². The summed E-state index contributed by atoms with van der Waals surface area (Å²) >= 11 is 0. The number of carbonyl (C=O) groups excluding carboxylic acids is 1. The van der Waals surface area contributed by atoms with Crippen molar-refractivity contribution in [2.24, 2.45) is 0 Å². The lowest BCUT2D eigenvalue weighted by Crippen LogP contribution is -2.20. The highest BCUT2D eigenvalue weighted by atomic mass is 19.2. The minimum absolute atomic E-state index is 0.0739. The number of hydrogen-bond acceptors (Lipinski definition) is 3. The molecule has 3 rings (SSSR count). The number of nitrogens with zero attached hydrogens (tertiary/aromatic N) is 4. The Kier molecular flexibility index (Phi) is 5.40. The number of carbonyl (C=O) groups is 1. The van der Waals surface area contributed by atoms with Crippen molar-refractivity contribution in [2.45, 2.75) is 33.9 Å². The maximum atomic E-state index is 13.9. The van der Waals surface area contributed by atoms with Gasteiger partial charge in [0.2, 0.25) is 11.7 Å². The zero-order valence-corrected chi connectivity index (χ0v) is 15.7. The van der Waals surface area contributed by atoms with Gasteiger partial charge in [0.05, 0.1) is 34.9 Å². The van der Waals surface area contributed by atoms with Crippen LogP contribution in [0, 0.1) is 49.9 Å². The van der Waals surface area contributed by atoms with Crippen LogP contribution in [-0.4, -0.2) is 25.5 Å². The second-order valence-electron chi connectivity index (χ2n) is 6.45. The van der Waals surface area contributed by atoms with Crippen LogP contribution >= 0.6 is 0 Å². The minimum Gasteiger partial charge on any atom is -0.321 e. The van der Waals surface area contributed by atoms with Gasteiger partial charge >= 0.3 is 0 Å². The van der Waals surface area contributed by atoms with Gasteiger partial charge in [0, 0.05) is 6.20 Å². The van der Waals surface area contributed by atoms with Crippen molar-refractivity contribution in [1.29, 1.82) is 0 Å². The van der Waals surface area contributed by atoms with Crippen molar-refractivity contribution in [3.8, 4) is 0 Å². The Labute approximate surface area is 161 Å². The van der Waals surface area contributed by atoms with Gasteiger partial charge in [0.25, 0.3) is 0 Å². The van der Waals surface area contributed by atoms with Gasteiger partial charge in [-0.1, -0.05) is 0 Å². The van der Waals surface area contributed by atoms with Crippen LogP contribution in [0.2, 0.25) is 0 Å².